The molecule has 250 valence electrons. The maximum Gasteiger partial charge on any atom is 2.00 e. The van der Waals surface area contributed by atoms with Crippen LogP contribution in [0.4, 0.5) is 11.4 Å². The van der Waals surface area contributed by atoms with Gasteiger partial charge in [0.1, 0.15) is 22.9 Å². The van der Waals surface area contributed by atoms with Crippen molar-refractivity contribution in [3.63, 3.8) is 0 Å². The SMILES string of the molecule is COc1cc[c-]c(-n2nnc(C(=O)Oc3ccc(C(C)(C)C)cc3NC(=O)C3=C(C)N(c4cc(OC)ccc4OC)NN3)c2C)c1.[CH3-].[U+2]. The van der Waals surface area contributed by atoms with E-state index >= 15 is 0 Å². The molecule has 0 atom stereocenters. The molecular formula is C34H39N7O6U. The van der Waals surface area contributed by atoms with E-state index in [2.05, 4.69) is 32.7 Å². The average molecular weight is 880 g/mol. The van der Waals surface area contributed by atoms with Gasteiger partial charge < -0.3 is 31.7 Å². The van der Waals surface area contributed by atoms with Gasteiger partial charge in [0.2, 0.25) is 0 Å². The average Bonchev–Trinajstić information content (AvgIpc) is 3.63. The van der Waals surface area contributed by atoms with Crippen LogP contribution in [0, 0.1) is 51.5 Å². The molecule has 2 heterocycles. The number of benzene rings is 3. The van der Waals surface area contributed by atoms with Gasteiger partial charge in [0.25, 0.3) is 5.91 Å². The molecule has 0 spiro atoms. The van der Waals surface area contributed by atoms with Crippen LogP contribution in [-0.4, -0.2) is 48.2 Å². The number of hydrogen-bond donors (Lipinski definition) is 3. The van der Waals surface area contributed by atoms with Gasteiger partial charge in [-0.3, -0.25) is 15.2 Å². The van der Waals surface area contributed by atoms with Crippen molar-refractivity contribution in [1.82, 2.24) is 26.0 Å². The van der Waals surface area contributed by atoms with Gasteiger partial charge in [0.15, 0.2) is 11.4 Å². The minimum Gasteiger partial charge on any atom is -0.522 e. The molecular weight excluding hydrogens is 840 g/mol. The molecule has 1 aliphatic rings. The smallest absolute Gasteiger partial charge is 0.522 e. The van der Waals surface area contributed by atoms with Crippen molar-refractivity contribution in [2.24, 2.45) is 0 Å². The summed E-state index contributed by atoms with van der Waals surface area (Å²) in [5, 5.41) is 12.8. The summed E-state index contributed by atoms with van der Waals surface area (Å²) in [6.07, 6.45) is 0. The molecule has 4 aromatic rings. The van der Waals surface area contributed by atoms with Crippen molar-refractivity contribution in [2.75, 3.05) is 31.7 Å². The van der Waals surface area contributed by atoms with Crippen LogP contribution in [0.15, 0.2) is 66.0 Å². The number of allylic oxidation sites excluding steroid dienone is 1. The number of hydrogen-bond acceptors (Lipinski definition) is 11. The summed E-state index contributed by atoms with van der Waals surface area (Å²) in [6.45, 7) is 9.62. The molecule has 0 saturated carbocycles. The Morgan fingerprint density at radius 2 is 1.60 bits per heavy atom. The fraction of sp³-hybridized carbons (Fsp3) is 0.265. The molecule has 0 aliphatic carbocycles. The predicted molar refractivity (Wildman–Crippen MR) is 178 cm³/mol. The second-order valence-electron chi connectivity index (χ2n) is 11.4. The summed E-state index contributed by atoms with van der Waals surface area (Å²) in [7, 11) is 4.69. The molecule has 0 radical (unpaired) electrons. The zero-order valence-corrected chi connectivity index (χ0v) is 32.6. The number of rotatable bonds is 9. The van der Waals surface area contributed by atoms with Crippen molar-refractivity contribution in [3.8, 4) is 28.7 Å². The minimum atomic E-state index is -0.738. The summed E-state index contributed by atoms with van der Waals surface area (Å²) < 4.78 is 23.5. The van der Waals surface area contributed by atoms with Crippen molar-refractivity contribution in [3.05, 3.63) is 96.4 Å². The summed E-state index contributed by atoms with van der Waals surface area (Å²) in [4.78, 5) is 27.1. The standard InChI is InChI=1S/C33H36N7O6.CH3.U/c1-19-29(35-38-40(19)26-18-24(44-7)13-15-28(26)45-8)31(41)34-25-16-21(33(3,4)5)12-14-27(25)46-32(42)30-20(2)39(37-36-30)22-10-9-11-23(17-22)43-6;;/h9,11-18,35,38H,1-8H3,(H,34,41);1H3;/q2*-1;+2. The fourth-order valence-corrected chi connectivity index (χ4v) is 4.78. The number of carbonyl (C=O) groups excluding carboxylic acids is 2. The monoisotopic (exact) mass is 879 g/mol. The molecule has 13 nitrogen and oxygen atoms in total. The van der Waals surface area contributed by atoms with Crippen molar-refractivity contribution < 1.29 is 59.6 Å². The zero-order chi connectivity index (χ0) is 33.2. The predicted octanol–water partition coefficient (Wildman–Crippen LogP) is 5.07. The minimum absolute atomic E-state index is 0. The quantitative estimate of drug-likeness (QED) is 0.118. The number of amides is 1. The van der Waals surface area contributed by atoms with Gasteiger partial charge in [-0.25, -0.2) is 9.48 Å². The number of esters is 1. The summed E-state index contributed by atoms with van der Waals surface area (Å²) >= 11 is 0. The second-order valence-corrected chi connectivity index (χ2v) is 11.4. The number of nitrogens with zero attached hydrogens (tertiary/aromatic N) is 4. The van der Waals surface area contributed by atoms with E-state index in [1.54, 1.807) is 88.7 Å². The van der Waals surface area contributed by atoms with E-state index in [0.717, 1.165) is 5.56 Å². The van der Waals surface area contributed by atoms with Crippen LogP contribution in [0.5, 0.6) is 23.0 Å². The Bertz CT molecular complexity index is 1830. The third kappa shape index (κ3) is 7.78. The van der Waals surface area contributed by atoms with Gasteiger partial charge in [0.05, 0.1) is 38.4 Å². The Morgan fingerprint density at radius 1 is 0.917 bits per heavy atom. The molecule has 0 saturated heterocycles. The molecule has 1 aliphatic heterocycles. The maximum absolute atomic E-state index is 13.7. The number of aromatic nitrogens is 3. The second kappa shape index (κ2) is 15.6. The van der Waals surface area contributed by atoms with Crippen LogP contribution >= 0.6 is 0 Å². The topological polar surface area (TPSA) is 141 Å². The van der Waals surface area contributed by atoms with Crippen LogP contribution < -0.4 is 40.2 Å². The summed E-state index contributed by atoms with van der Waals surface area (Å²) in [5.41, 5.74) is 9.35. The van der Waals surface area contributed by atoms with Crippen LogP contribution in [0.2, 0.25) is 0 Å². The third-order valence-electron chi connectivity index (χ3n) is 7.45. The van der Waals surface area contributed by atoms with E-state index in [4.69, 9.17) is 18.9 Å². The van der Waals surface area contributed by atoms with E-state index in [9.17, 15) is 9.59 Å². The number of hydrazine groups is 2. The Hall–Kier alpha value is -4.51. The van der Waals surface area contributed by atoms with E-state index in [1.165, 1.54) is 4.68 Å². The number of nitrogens with one attached hydrogen (secondary N) is 3. The van der Waals surface area contributed by atoms with Gasteiger partial charge in [-0.15, -0.1) is 22.8 Å². The number of ether oxygens (including phenoxy) is 4. The molecule has 0 bridgehead atoms. The molecule has 1 amide bonds. The number of carbonyl (C=O) groups is 2. The van der Waals surface area contributed by atoms with E-state index in [1.807, 2.05) is 26.8 Å². The molecule has 0 unspecified atom stereocenters. The molecule has 14 heteroatoms. The largest absolute Gasteiger partial charge is 2.00 e. The fourth-order valence-electron chi connectivity index (χ4n) is 4.78. The Labute approximate surface area is 304 Å². The van der Waals surface area contributed by atoms with Crippen LogP contribution in [0.25, 0.3) is 5.69 Å². The van der Waals surface area contributed by atoms with E-state index in [0.29, 0.717) is 45.7 Å². The first kappa shape index (κ1) is 37.9. The first-order valence-electron chi connectivity index (χ1n) is 14.4. The van der Waals surface area contributed by atoms with Crippen molar-refractivity contribution >= 4 is 23.3 Å². The normalized spacial score (nSPS) is 12.4. The van der Waals surface area contributed by atoms with Crippen LogP contribution in [0.3, 0.4) is 0 Å². The van der Waals surface area contributed by atoms with Gasteiger partial charge in [-0.05, 0) is 54.8 Å². The van der Waals surface area contributed by atoms with Crippen LogP contribution in [-0.2, 0) is 10.2 Å². The zero-order valence-electron chi connectivity index (χ0n) is 28.4. The van der Waals surface area contributed by atoms with Crippen LogP contribution in [0.1, 0.15) is 49.4 Å². The molecule has 0 fully saturated rings. The van der Waals surface area contributed by atoms with Crippen molar-refractivity contribution in [2.45, 2.75) is 40.0 Å². The van der Waals surface area contributed by atoms with E-state index in [-0.39, 0.29) is 61.1 Å². The summed E-state index contributed by atoms with van der Waals surface area (Å²) in [6, 6.07) is 18.9. The molecule has 3 aromatic carbocycles. The van der Waals surface area contributed by atoms with Gasteiger partial charge in [0, 0.05) is 11.8 Å². The Morgan fingerprint density at radius 3 is 2.27 bits per heavy atom. The van der Waals surface area contributed by atoms with Gasteiger partial charge in [-0.1, -0.05) is 32.1 Å². The van der Waals surface area contributed by atoms with Crippen molar-refractivity contribution in [1.29, 1.82) is 0 Å². The summed E-state index contributed by atoms with van der Waals surface area (Å²) in [5.74, 6) is 0.732. The third-order valence-corrected chi connectivity index (χ3v) is 7.45. The number of methoxy groups -OCH3 is 3. The van der Waals surface area contributed by atoms with E-state index < -0.39 is 11.9 Å². The first-order chi connectivity index (χ1) is 21.9. The molecule has 3 N–H and O–H groups in total. The molecule has 5 rings (SSSR count). The van der Waals surface area contributed by atoms with Gasteiger partial charge >= 0.3 is 37.1 Å². The number of anilines is 2. The maximum atomic E-state index is 13.7. The molecule has 48 heavy (non-hydrogen) atoms. The van der Waals surface area contributed by atoms with Gasteiger partial charge in [-0.2, -0.15) is 12.1 Å². The molecule has 1 aromatic heterocycles. The first-order valence-corrected chi connectivity index (χ1v) is 14.4. The Kier molecular flexibility index (Phi) is 12.3. The Balaban J connectivity index is 0.00000312.